The van der Waals surface area contributed by atoms with Crippen LogP contribution in [-0.2, 0) is 14.6 Å². The Hall–Kier alpha value is -2.68. The monoisotopic (exact) mass is 517 g/mol. The van der Waals surface area contributed by atoms with Crippen LogP contribution in [0.5, 0.6) is 0 Å². The number of aryl methyl sites for hydroxylation is 1. The zero-order chi connectivity index (χ0) is 25.3. The molecule has 12 heteroatoms. The second-order valence-corrected chi connectivity index (χ2v) is 10.6. The third kappa shape index (κ3) is 6.05. The number of nitriles is 1. The number of carbonyl (C=O) groups is 1. The summed E-state index contributed by atoms with van der Waals surface area (Å²) >= 11 is 6.00. The number of alkyl halides is 3. The van der Waals surface area contributed by atoms with Crippen molar-refractivity contribution in [3.8, 4) is 6.07 Å². The molecule has 2 aromatic carbocycles. The number of nitrogens with one attached hydrogen (secondary N) is 2. The van der Waals surface area contributed by atoms with E-state index >= 15 is 0 Å². The van der Waals surface area contributed by atoms with E-state index in [4.69, 9.17) is 11.6 Å². The quantitative estimate of drug-likeness (QED) is 0.516. The third-order valence-electron chi connectivity index (χ3n) is 5.43. The van der Waals surface area contributed by atoms with E-state index in [0.717, 1.165) is 30.3 Å². The van der Waals surface area contributed by atoms with Crippen molar-refractivity contribution >= 4 is 27.3 Å². The lowest BCUT2D eigenvalue weighted by atomic mass is 10.0. The van der Waals surface area contributed by atoms with Crippen LogP contribution in [0.15, 0.2) is 47.4 Å². The molecule has 0 bridgehead atoms. The van der Waals surface area contributed by atoms with E-state index < -0.39 is 56.7 Å². The van der Waals surface area contributed by atoms with Crippen LogP contribution in [0.1, 0.15) is 30.0 Å². The average Bonchev–Trinajstić information content (AvgIpc) is 3.52. The van der Waals surface area contributed by atoms with E-state index in [2.05, 4.69) is 10.6 Å². The van der Waals surface area contributed by atoms with E-state index in [1.807, 2.05) is 6.07 Å². The summed E-state index contributed by atoms with van der Waals surface area (Å²) in [6.07, 6.45) is -4.36. The molecular formula is C22H20ClF4N3O3S. The number of hydrogen-bond acceptors (Lipinski definition) is 5. The molecule has 1 aliphatic carbocycles. The van der Waals surface area contributed by atoms with Crippen molar-refractivity contribution in [1.82, 2.24) is 10.6 Å². The number of amides is 1. The molecule has 2 aromatic rings. The summed E-state index contributed by atoms with van der Waals surface area (Å²) in [5.74, 6) is -2.87. The van der Waals surface area contributed by atoms with Gasteiger partial charge in [0.1, 0.15) is 23.4 Å². The van der Waals surface area contributed by atoms with Crippen molar-refractivity contribution in [2.24, 2.45) is 0 Å². The lowest BCUT2D eigenvalue weighted by Crippen LogP contribution is -2.54. The summed E-state index contributed by atoms with van der Waals surface area (Å²) < 4.78 is 80.9. The number of hydrogen-bond donors (Lipinski definition) is 2. The molecule has 0 aromatic heterocycles. The topological polar surface area (TPSA) is 99.1 Å². The van der Waals surface area contributed by atoms with Crippen molar-refractivity contribution in [3.63, 3.8) is 0 Å². The Kier molecular flexibility index (Phi) is 7.26. The predicted octanol–water partition coefficient (Wildman–Crippen LogP) is 4.00. The molecule has 182 valence electrons. The van der Waals surface area contributed by atoms with Crippen LogP contribution in [0.2, 0.25) is 5.02 Å². The molecule has 3 rings (SSSR count). The van der Waals surface area contributed by atoms with Gasteiger partial charge in [0.05, 0.1) is 16.7 Å². The van der Waals surface area contributed by atoms with Crippen molar-refractivity contribution in [1.29, 1.82) is 5.26 Å². The van der Waals surface area contributed by atoms with Gasteiger partial charge in [-0.05, 0) is 55.2 Å². The predicted molar refractivity (Wildman–Crippen MR) is 116 cm³/mol. The number of halogens is 5. The molecule has 0 spiro atoms. The number of carbonyl (C=O) groups excluding carboxylic acids is 1. The highest BCUT2D eigenvalue weighted by Gasteiger charge is 2.48. The van der Waals surface area contributed by atoms with Gasteiger partial charge in [0.25, 0.3) is 0 Å². The van der Waals surface area contributed by atoms with Gasteiger partial charge in [-0.1, -0.05) is 29.8 Å². The first kappa shape index (κ1) is 25.9. The lowest BCUT2D eigenvalue weighted by molar-refractivity contribution is -0.160. The van der Waals surface area contributed by atoms with Gasteiger partial charge in [-0.25, -0.2) is 12.8 Å². The van der Waals surface area contributed by atoms with Crippen LogP contribution in [0.4, 0.5) is 17.6 Å². The van der Waals surface area contributed by atoms with Crippen LogP contribution in [0.3, 0.4) is 0 Å². The van der Waals surface area contributed by atoms with Gasteiger partial charge in [0.2, 0.25) is 5.91 Å². The Morgan fingerprint density at radius 1 is 1.21 bits per heavy atom. The minimum absolute atomic E-state index is 0.135. The second kappa shape index (κ2) is 9.52. The minimum Gasteiger partial charge on any atom is -0.336 e. The summed E-state index contributed by atoms with van der Waals surface area (Å²) in [6, 6.07) is 4.78. The van der Waals surface area contributed by atoms with Crippen molar-refractivity contribution in [2.45, 2.75) is 48.5 Å². The summed E-state index contributed by atoms with van der Waals surface area (Å²) in [6.45, 7) is 1.64. The molecule has 1 fully saturated rings. The molecule has 0 saturated heterocycles. The maximum absolute atomic E-state index is 13.9. The number of sulfone groups is 1. The van der Waals surface area contributed by atoms with Gasteiger partial charge in [0, 0.05) is 5.02 Å². The van der Waals surface area contributed by atoms with Crippen molar-refractivity contribution in [3.05, 3.63) is 64.4 Å². The highest BCUT2D eigenvalue weighted by atomic mass is 35.5. The standard InChI is InChI=1S/C22H20ClF4N3O3S/c1-13-2-7-16(10-17(13)23)34(32,33)11-18(20(31)30-21(12-28)8-9-21)29-19(22(25,26)27)14-3-5-15(24)6-4-14/h2-7,10,18-19,29H,8-9,11H2,1H3,(H,30,31)/t18-,19-/m0/s1. The molecule has 1 saturated carbocycles. The van der Waals surface area contributed by atoms with Crippen LogP contribution in [0.25, 0.3) is 0 Å². The second-order valence-electron chi connectivity index (χ2n) is 8.12. The normalized spacial score (nSPS) is 16.9. The highest BCUT2D eigenvalue weighted by Crippen LogP contribution is 2.36. The van der Waals surface area contributed by atoms with Crippen LogP contribution < -0.4 is 10.6 Å². The zero-order valence-electron chi connectivity index (χ0n) is 17.8. The van der Waals surface area contributed by atoms with E-state index in [1.54, 1.807) is 6.92 Å². The Morgan fingerprint density at radius 3 is 2.32 bits per heavy atom. The Labute approximate surface area is 198 Å². The molecule has 0 aliphatic heterocycles. The first-order chi connectivity index (χ1) is 15.8. The van der Waals surface area contributed by atoms with Crippen molar-refractivity contribution < 1.29 is 30.8 Å². The van der Waals surface area contributed by atoms with E-state index in [9.17, 15) is 36.0 Å². The molecule has 0 heterocycles. The molecule has 1 aliphatic rings. The van der Waals surface area contributed by atoms with Gasteiger partial charge in [-0.15, -0.1) is 0 Å². The largest absolute Gasteiger partial charge is 0.407 e. The summed E-state index contributed by atoms with van der Waals surface area (Å²) in [7, 11) is -4.28. The maximum atomic E-state index is 13.9. The zero-order valence-corrected chi connectivity index (χ0v) is 19.4. The summed E-state index contributed by atoms with van der Waals surface area (Å²) in [5, 5.41) is 13.8. The van der Waals surface area contributed by atoms with E-state index in [-0.39, 0.29) is 9.92 Å². The third-order valence-corrected chi connectivity index (χ3v) is 7.58. The highest BCUT2D eigenvalue weighted by molar-refractivity contribution is 7.91. The minimum atomic E-state index is -4.94. The van der Waals surface area contributed by atoms with Gasteiger partial charge in [-0.3, -0.25) is 10.1 Å². The maximum Gasteiger partial charge on any atom is 0.407 e. The number of rotatable bonds is 8. The fraction of sp³-hybridized carbons (Fsp3) is 0.364. The molecule has 0 radical (unpaired) electrons. The SMILES string of the molecule is Cc1ccc(S(=O)(=O)C[C@H](N[C@@H](c2ccc(F)cc2)C(F)(F)F)C(=O)NC2(C#N)CC2)cc1Cl. The smallest absolute Gasteiger partial charge is 0.336 e. The summed E-state index contributed by atoms with van der Waals surface area (Å²) in [4.78, 5) is 12.6. The average molecular weight is 518 g/mol. The molecule has 1 amide bonds. The molecule has 0 unspecified atom stereocenters. The van der Waals surface area contributed by atoms with Crippen LogP contribution in [-0.4, -0.2) is 37.8 Å². The van der Waals surface area contributed by atoms with Gasteiger partial charge in [0.15, 0.2) is 9.84 Å². The molecular weight excluding hydrogens is 498 g/mol. The lowest BCUT2D eigenvalue weighted by Gasteiger charge is -2.28. The van der Waals surface area contributed by atoms with Crippen LogP contribution in [0, 0.1) is 24.1 Å². The summed E-state index contributed by atoms with van der Waals surface area (Å²) in [5.41, 5.74) is -1.06. The van der Waals surface area contributed by atoms with E-state index in [0.29, 0.717) is 18.4 Å². The molecule has 6 nitrogen and oxygen atoms in total. The first-order valence-electron chi connectivity index (χ1n) is 10.1. The Morgan fingerprint density at radius 2 is 1.82 bits per heavy atom. The fourth-order valence-electron chi connectivity index (χ4n) is 3.23. The number of nitrogens with zero attached hydrogens (tertiary/aromatic N) is 1. The molecule has 2 atom stereocenters. The van der Waals surface area contributed by atoms with Gasteiger partial charge < -0.3 is 5.32 Å². The number of benzene rings is 2. The van der Waals surface area contributed by atoms with Gasteiger partial charge in [-0.2, -0.15) is 18.4 Å². The molecule has 2 N–H and O–H groups in total. The van der Waals surface area contributed by atoms with E-state index in [1.165, 1.54) is 12.1 Å². The van der Waals surface area contributed by atoms with Gasteiger partial charge >= 0.3 is 6.18 Å². The van der Waals surface area contributed by atoms with Crippen molar-refractivity contribution in [2.75, 3.05) is 5.75 Å². The van der Waals surface area contributed by atoms with Crippen LogP contribution >= 0.6 is 11.6 Å². The first-order valence-corrected chi connectivity index (χ1v) is 12.1. The Bertz CT molecular complexity index is 1220. The Balaban J connectivity index is 1.96. The fourth-order valence-corrected chi connectivity index (χ4v) is 4.93. The molecule has 34 heavy (non-hydrogen) atoms.